The van der Waals surface area contributed by atoms with E-state index in [9.17, 15) is 14.0 Å². The van der Waals surface area contributed by atoms with Gasteiger partial charge in [0.2, 0.25) is 5.91 Å². The van der Waals surface area contributed by atoms with Crippen molar-refractivity contribution in [2.24, 2.45) is 5.92 Å². The van der Waals surface area contributed by atoms with Gasteiger partial charge in [0, 0.05) is 30.3 Å². The Kier molecular flexibility index (Phi) is 5.12. The van der Waals surface area contributed by atoms with Crippen molar-refractivity contribution in [2.75, 3.05) is 18.4 Å². The molecule has 0 aromatic heterocycles. The SMILES string of the molecule is Cc1ccc(C(=O)N2CCC(C(=O)Nc3ccccc3)CC2)cc1F. The third-order valence-electron chi connectivity index (χ3n) is 4.61. The van der Waals surface area contributed by atoms with Crippen molar-refractivity contribution in [3.05, 3.63) is 65.5 Å². The molecule has 2 aromatic carbocycles. The van der Waals surface area contributed by atoms with E-state index in [1.807, 2.05) is 30.3 Å². The molecule has 0 saturated carbocycles. The maximum atomic E-state index is 13.7. The Balaban J connectivity index is 1.57. The summed E-state index contributed by atoms with van der Waals surface area (Å²) in [7, 11) is 0. The summed E-state index contributed by atoms with van der Waals surface area (Å²) in [5.74, 6) is -0.678. The van der Waals surface area contributed by atoms with Gasteiger partial charge in [-0.15, -0.1) is 0 Å². The molecule has 0 unspecified atom stereocenters. The van der Waals surface area contributed by atoms with E-state index in [2.05, 4.69) is 5.32 Å². The lowest BCUT2D eigenvalue weighted by Gasteiger charge is -2.31. The molecule has 1 heterocycles. The lowest BCUT2D eigenvalue weighted by Crippen LogP contribution is -2.41. The predicted molar refractivity (Wildman–Crippen MR) is 94.8 cm³/mol. The summed E-state index contributed by atoms with van der Waals surface area (Å²) < 4.78 is 13.7. The normalized spacial score (nSPS) is 15.0. The number of rotatable bonds is 3. The molecule has 1 aliphatic rings. The summed E-state index contributed by atoms with van der Waals surface area (Å²) in [4.78, 5) is 26.5. The fourth-order valence-electron chi connectivity index (χ4n) is 3.02. The van der Waals surface area contributed by atoms with Gasteiger partial charge in [0.15, 0.2) is 0 Å². The van der Waals surface area contributed by atoms with Crippen molar-refractivity contribution in [1.82, 2.24) is 4.90 Å². The summed E-state index contributed by atoms with van der Waals surface area (Å²) in [6, 6.07) is 13.9. The highest BCUT2D eigenvalue weighted by atomic mass is 19.1. The molecule has 0 bridgehead atoms. The fourth-order valence-corrected chi connectivity index (χ4v) is 3.02. The minimum Gasteiger partial charge on any atom is -0.339 e. The first kappa shape index (κ1) is 17.1. The van der Waals surface area contributed by atoms with Crippen molar-refractivity contribution in [3.8, 4) is 0 Å². The molecule has 25 heavy (non-hydrogen) atoms. The van der Waals surface area contributed by atoms with Crippen LogP contribution >= 0.6 is 0 Å². The molecular formula is C20H21FN2O2. The summed E-state index contributed by atoms with van der Waals surface area (Å²) in [6.45, 7) is 2.67. The van der Waals surface area contributed by atoms with Crippen molar-refractivity contribution < 1.29 is 14.0 Å². The Morgan fingerprint density at radius 1 is 1.08 bits per heavy atom. The quantitative estimate of drug-likeness (QED) is 0.928. The van der Waals surface area contributed by atoms with Gasteiger partial charge in [0.1, 0.15) is 5.82 Å². The first-order chi connectivity index (χ1) is 12.0. The molecule has 0 spiro atoms. The van der Waals surface area contributed by atoms with Crippen LogP contribution in [0.5, 0.6) is 0 Å². The number of nitrogens with one attached hydrogen (secondary N) is 1. The van der Waals surface area contributed by atoms with Crippen LogP contribution in [0.15, 0.2) is 48.5 Å². The second-order valence-electron chi connectivity index (χ2n) is 6.39. The van der Waals surface area contributed by atoms with Crippen LogP contribution in [0.1, 0.15) is 28.8 Å². The molecule has 2 aromatic rings. The number of piperidine rings is 1. The van der Waals surface area contributed by atoms with Crippen LogP contribution < -0.4 is 5.32 Å². The molecule has 130 valence electrons. The average molecular weight is 340 g/mol. The van der Waals surface area contributed by atoms with E-state index in [1.165, 1.54) is 6.07 Å². The van der Waals surface area contributed by atoms with Crippen LogP contribution in [0.4, 0.5) is 10.1 Å². The number of halogens is 1. The van der Waals surface area contributed by atoms with E-state index in [1.54, 1.807) is 24.0 Å². The Morgan fingerprint density at radius 2 is 1.76 bits per heavy atom. The molecular weight excluding hydrogens is 319 g/mol. The Labute approximate surface area is 146 Å². The van der Waals surface area contributed by atoms with Gasteiger partial charge in [-0.1, -0.05) is 24.3 Å². The van der Waals surface area contributed by atoms with Crippen LogP contribution in [0.25, 0.3) is 0 Å². The third kappa shape index (κ3) is 4.05. The molecule has 4 nitrogen and oxygen atoms in total. The maximum absolute atomic E-state index is 13.7. The number of benzene rings is 2. The number of aryl methyl sites for hydroxylation is 1. The zero-order valence-electron chi connectivity index (χ0n) is 14.2. The van der Waals surface area contributed by atoms with Crippen LogP contribution in [0, 0.1) is 18.7 Å². The van der Waals surface area contributed by atoms with Gasteiger partial charge >= 0.3 is 0 Å². The molecule has 1 aliphatic heterocycles. The molecule has 0 atom stereocenters. The smallest absolute Gasteiger partial charge is 0.253 e. The monoisotopic (exact) mass is 340 g/mol. The standard InChI is InChI=1S/C20H21FN2O2/c1-14-7-8-16(13-18(14)21)20(25)23-11-9-15(10-12-23)19(24)22-17-5-3-2-4-6-17/h2-8,13,15H,9-12H2,1H3,(H,22,24). The maximum Gasteiger partial charge on any atom is 0.253 e. The summed E-state index contributed by atoms with van der Waals surface area (Å²) in [5, 5.41) is 2.91. The molecule has 1 saturated heterocycles. The van der Waals surface area contributed by atoms with E-state index >= 15 is 0 Å². The molecule has 1 N–H and O–H groups in total. The highest BCUT2D eigenvalue weighted by molar-refractivity contribution is 5.95. The van der Waals surface area contributed by atoms with E-state index < -0.39 is 0 Å². The number of hydrogen-bond acceptors (Lipinski definition) is 2. The van der Waals surface area contributed by atoms with Crippen LogP contribution in [-0.4, -0.2) is 29.8 Å². The number of nitrogens with zero attached hydrogens (tertiary/aromatic N) is 1. The molecule has 5 heteroatoms. The van der Waals surface area contributed by atoms with Gasteiger partial charge in [-0.05, 0) is 49.6 Å². The summed E-state index contributed by atoms with van der Waals surface area (Å²) >= 11 is 0. The number of amides is 2. The molecule has 0 radical (unpaired) electrons. The van der Waals surface area contributed by atoms with E-state index in [0.717, 1.165) is 5.69 Å². The van der Waals surface area contributed by atoms with Crippen molar-refractivity contribution in [3.63, 3.8) is 0 Å². The second-order valence-corrected chi connectivity index (χ2v) is 6.39. The van der Waals surface area contributed by atoms with E-state index in [-0.39, 0.29) is 23.5 Å². The van der Waals surface area contributed by atoms with E-state index in [4.69, 9.17) is 0 Å². The van der Waals surface area contributed by atoms with Crippen molar-refractivity contribution >= 4 is 17.5 Å². The third-order valence-corrected chi connectivity index (χ3v) is 4.61. The lowest BCUT2D eigenvalue weighted by molar-refractivity contribution is -0.121. The van der Waals surface area contributed by atoms with Crippen LogP contribution in [0.3, 0.4) is 0 Å². The van der Waals surface area contributed by atoms with Crippen molar-refractivity contribution in [2.45, 2.75) is 19.8 Å². The van der Waals surface area contributed by atoms with E-state index in [0.29, 0.717) is 37.1 Å². The molecule has 0 aliphatic carbocycles. The Hall–Kier alpha value is -2.69. The predicted octanol–water partition coefficient (Wildman–Crippen LogP) is 3.63. The number of carbonyl (C=O) groups excluding carboxylic acids is 2. The van der Waals surface area contributed by atoms with Gasteiger partial charge in [-0.3, -0.25) is 9.59 Å². The highest BCUT2D eigenvalue weighted by Crippen LogP contribution is 2.21. The van der Waals surface area contributed by atoms with Gasteiger partial charge in [-0.25, -0.2) is 4.39 Å². The molecule has 1 fully saturated rings. The first-order valence-corrected chi connectivity index (χ1v) is 8.46. The van der Waals surface area contributed by atoms with Gasteiger partial charge < -0.3 is 10.2 Å². The zero-order chi connectivity index (χ0) is 17.8. The lowest BCUT2D eigenvalue weighted by atomic mass is 9.95. The largest absolute Gasteiger partial charge is 0.339 e. The van der Waals surface area contributed by atoms with Gasteiger partial charge in [0.05, 0.1) is 0 Å². The second kappa shape index (κ2) is 7.47. The van der Waals surface area contributed by atoms with Crippen molar-refractivity contribution in [1.29, 1.82) is 0 Å². The number of carbonyl (C=O) groups is 2. The summed E-state index contributed by atoms with van der Waals surface area (Å²) in [6.07, 6.45) is 1.22. The highest BCUT2D eigenvalue weighted by Gasteiger charge is 2.28. The molecule has 3 rings (SSSR count). The Morgan fingerprint density at radius 3 is 2.40 bits per heavy atom. The topological polar surface area (TPSA) is 49.4 Å². The number of likely N-dealkylation sites (tertiary alicyclic amines) is 1. The molecule has 2 amide bonds. The van der Waals surface area contributed by atoms with Gasteiger partial charge in [0.25, 0.3) is 5.91 Å². The minimum atomic E-state index is -0.372. The van der Waals surface area contributed by atoms with Gasteiger partial charge in [-0.2, -0.15) is 0 Å². The Bertz CT molecular complexity index is 769. The average Bonchev–Trinajstić information content (AvgIpc) is 2.64. The first-order valence-electron chi connectivity index (χ1n) is 8.46. The number of para-hydroxylation sites is 1. The zero-order valence-corrected chi connectivity index (χ0v) is 14.2. The summed E-state index contributed by atoms with van der Waals surface area (Å²) in [5.41, 5.74) is 1.66. The van der Waals surface area contributed by atoms with Crippen LogP contribution in [-0.2, 0) is 4.79 Å². The fraction of sp³-hybridized carbons (Fsp3) is 0.300. The van der Waals surface area contributed by atoms with Crippen LogP contribution in [0.2, 0.25) is 0 Å². The number of anilines is 1. The minimum absolute atomic E-state index is 0.0142. The number of hydrogen-bond donors (Lipinski definition) is 1.